The van der Waals surface area contributed by atoms with E-state index in [9.17, 15) is 38.4 Å². The Hall–Kier alpha value is -7.34. The average Bonchev–Trinajstić information content (AvgIpc) is 4.07. The minimum atomic E-state index is -0.523. The first kappa shape index (κ1) is 34.4. The van der Waals surface area contributed by atoms with Crippen LogP contribution in [0.4, 0.5) is 0 Å². The summed E-state index contributed by atoms with van der Waals surface area (Å²) in [5.41, 5.74) is 3.04. The zero-order valence-corrected chi connectivity index (χ0v) is 30.0. The quantitative estimate of drug-likeness (QED) is 0.0752. The number of carbonyl (C=O) groups excluding carboxylic acids is 8. The Kier molecular flexibility index (Phi) is 7.76. The van der Waals surface area contributed by atoms with Crippen LogP contribution in [0.1, 0.15) is 122 Å². The van der Waals surface area contributed by atoms with Crippen LogP contribution in [0.3, 0.4) is 0 Å². The van der Waals surface area contributed by atoms with Crippen LogP contribution >= 0.6 is 0 Å². The number of hydrogen-bond donors (Lipinski definition) is 4. The van der Waals surface area contributed by atoms with Crippen molar-refractivity contribution in [3.05, 3.63) is 117 Å². The van der Waals surface area contributed by atoms with Crippen molar-refractivity contribution in [1.29, 1.82) is 0 Å². The Morgan fingerprint density at radius 3 is 0.643 bits per heavy atom. The molecule has 1 saturated carbocycles. The molecule has 0 bridgehead atoms. The van der Waals surface area contributed by atoms with Crippen LogP contribution in [0.15, 0.2) is 72.8 Å². The molecule has 0 saturated heterocycles. The molecule has 4 aliphatic heterocycles. The SMILES string of the molecule is C1CC1.CCC.O=C1NC(=O)c2ccc3c4c(ccc1c24)C(=O)NC3=O.O=C1NC(=O)c2ccc3c4ccc5c6c(ccc(c7ccc1c2c73)c64)C(=O)NC5=O. The molecule has 5 aliphatic rings. The van der Waals surface area contributed by atoms with Crippen molar-refractivity contribution >= 4 is 101 Å². The van der Waals surface area contributed by atoms with Crippen LogP contribution in [-0.2, 0) is 0 Å². The van der Waals surface area contributed by atoms with Gasteiger partial charge in [0.2, 0.25) is 0 Å². The van der Waals surface area contributed by atoms with Gasteiger partial charge in [-0.1, -0.05) is 63.8 Å². The lowest BCUT2D eigenvalue weighted by molar-refractivity contribution is 0.0823. The highest BCUT2D eigenvalue weighted by Crippen LogP contribution is 2.45. The highest BCUT2D eigenvalue weighted by Gasteiger charge is 2.33. The summed E-state index contributed by atoms with van der Waals surface area (Å²) in [6.07, 6.45) is 5.75. The van der Waals surface area contributed by atoms with E-state index in [1.165, 1.54) is 49.9 Å². The number of amides is 8. The van der Waals surface area contributed by atoms with Crippen LogP contribution in [0.2, 0.25) is 0 Å². The number of rotatable bonds is 0. The average molecular weight is 743 g/mol. The Morgan fingerprint density at radius 2 is 0.464 bits per heavy atom. The lowest BCUT2D eigenvalue weighted by Crippen LogP contribution is -2.38. The molecular weight excluding hydrogens is 713 g/mol. The molecule has 7 aromatic rings. The number of imide groups is 4. The molecular formula is C44H30N4O8. The van der Waals surface area contributed by atoms with Gasteiger partial charge in [-0.3, -0.25) is 59.6 Å². The van der Waals surface area contributed by atoms with E-state index in [-0.39, 0.29) is 0 Å². The van der Waals surface area contributed by atoms with Gasteiger partial charge in [0.25, 0.3) is 47.3 Å². The van der Waals surface area contributed by atoms with Gasteiger partial charge >= 0.3 is 0 Å². The van der Waals surface area contributed by atoms with Crippen molar-refractivity contribution in [3.8, 4) is 0 Å². The summed E-state index contributed by atoms with van der Waals surface area (Å²) in [6, 6.07) is 20.4. The van der Waals surface area contributed by atoms with Gasteiger partial charge in [0.05, 0.1) is 0 Å². The van der Waals surface area contributed by atoms with Crippen molar-refractivity contribution in [2.75, 3.05) is 0 Å². The second-order valence-corrected chi connectivity index (χ2v) is 14.1. The van der Waals surface area contributed by atoms with Crippen LogP contribution in [0.5, 0.6) is 0 Å². The number of nitrogens with one attached hydrogen (secondary N) is 4. The molecule has 0 aromatic heterocycles. The third kappa shape index (κ3) is 4.99. The maximum Gasteiger partial charge on any atom is 0.258 e. The third-order valence-electron chi connectivity index (χ3n) is 10.3. The molecule has 4 heterocycles. The number of hydrogen-bond acceptors (Lipinski definition) is 8. The fourth-order valence-corrected chi connectivity index (χ4v) is 7.85. The first-order valence-electron chi connectivity index (χ1n) is 18.3. The maximum absolute atomic E-state index is 12.4. The molecule has 0 radical (unpaired) electrons. The van der Waals surface area contributed by atoms with Gasteiger partial charge in [-0.15, -0.1) is 0 Å². The van der Waals surface area contributed by atoms with Crippen LogP contribution in [0.25, 0.3) is 53.9 Å². The standard InChI is InChI=1S/C24H10N2O4.C14H6N2O4.C3H6.C3H8/c27-21-13-5-1-9-10-2-6-15-20-16(24(30)26-23(15)29)8-4-12(18(10)20)11-3-7-14(22(28)25-21)19(13)17(9)11;17-11-5-1-2-6-10-8(14(20)16-12(6)18)4-3-7(9(5)10)13(19)15-11;1-2-3-1;1-3-2/h1-8H,(H,25,27,28)(H,26,29,30);1-4H,(H,15,17,19)(H,16,18,20);1-3H2;3H2,1-2H3. The highest BCUT2D eigenvalue weighted by molar-refractivity contribution is 6.41. The topological polar surface area (TPSA) is 185 Å². The van der Waals surface area contributed by atoms with E-state index in [1.807, 2.05) is 24.3 Å². The third-order valence-corrected chi connectivity index (χ3v) is 10.3. The van der Waals surface area contributed by atoms with Crippen molar-refractivity contribution in [2.24, 2.45) is 0 Å². The Bertz CT molecular complexity index is 2670. The van der Waals surface area contributed by atoms with Gasteiger partial charge in [-0.2, -0.15) is 0 Å². The molecule has 0 unspecified atom stereocenters. The lowest BCUT2D eigenvalue weighted by atomic mass is 9.83. The zero-order valence-electron chi connectivity index (χ0n) is 30.0. The summed E-state index contributed by atoms with van der Waals surface area (Å²) < 4.78 is 0. The Balaban J connectivity index is 0.000000136. The van der Waals surface area contributed by atoms with E-state index in [2.05, 4.69) is 35.1 Å². The molecule has 4 N–H and O–H groups in total. The summed E-state index contributed by atoms with van der Waals surface area (Å²) in [6.45, 7) is 4.25. The largest absolute Gasteiger partial charge is 0.288 e. The molecule has 12 heteroatoms. The minimum Gasteiger partial charge on any atom is -0.288 e. The van der Waals surface area contributed by atoms with Crippen molar-refractivity contribution in [2.45, 2.75) is 39.5 Å². The summed E-state index contributed by atoms with van der Waals surface area (Å²) >= 11 is 0. The predicted octanol–water partition coefficient (Wildman–Crippen LogP) is 6.70. The number of fused-ring (bicyclic) bond motifs is 2. The Morgan fingerprint density at radius 1 is 0.304 bits per heavy atom. The van der Waals surface area contributed by atoms with E-state index in [0.29, 0.717) is 66.1 Å². The number of carbonyl (C=O) groups is 8. The molecule has 8 amide bonds. The van der Waals surface area contributed by atoms with Gasteiger partial charge < -0.3 is 0 Å². The normalized spacial score (nSPS) is 15.7. The molecule has 0 spiro atoms. The fraction of sp³-hybridized carbons (Fsp3) is 0.136. The van der Waals surface area contributed by atoms with Crippen LogP contribution < -0.4 is 21.3 Å². The van der Waals surface area contributed by atoms with Gasteiger partial charge in [0.1, 0.15) is 0 Å². The van der Waals surface area contributed by atoms with Gasteiger partial charge in [0.15, 0.2) is 0 Å². The molecule has 1 fully saturated rings. The first-order valence-corrected chi connectivity index (χ1v) is 18.3. The van der Waals surface area contributed by atoms with E-state index in [1.54, 1.807) is 24.3 Å². The van der Waals surface area contributed by atoms with Crippen molar-refractivity contribution in [1.82, 2.24) is 21.3 Å². The Labute approximate surface area is 316 Å². The van der Waals surface area contributed by atoms with Gasteiger partial charge in [-0.05, 0) is 80.8 Å². The van der Waals surface area contributed by atoms with E-state index in [4.69, 9.17) is 0 Å². The molecule has 12 rings (SSSR count). The maximum atomic E-state index is 12.4. The van der Waals surface area contributed by atoms with Gasteiger partial charge in [0, 0.05) is 66.1 Å². The summed E-state index contributed by atoms with van der Waals surface area (Å²) in [5, 5.41) is 16.5. The lowest BCUT2D eigenvalue weighted by Gasteiger charge is -2.23. The molecule has 7 aromatic carbocycles. The van der Waals surface area contributed by atoms with Crippen LogP contribution in [0, 0.1) is 0 Å². The van der Waals surface area contributed by atoms with Crippen LogP contribution in [-0.4, -0.2) is 47.3 Å². The highest BCUT2D eigenvalue weighted by atomic mass is 16.2. The molecule has 12 nitrogen and oxygen atoms in total. The molecule has 274 valence electrons. The second kappa shape index (κ2) is 12.6. The van der Waals surface area contributed by atoms with E-state index in [0.717, 1.165) is 32.3 Å². The monoisotopic (exact) mass is 742 g/mol. The molecule has 1 aliphatic carbocycles. The number of benzene rings is 7. The summed E-state index contributed by atoms with van der Waals surface area (Å²) in [7, 11) is 0. The predicted molar refractivity (Wildman–Crippen MR) is 209 cm³/mol. The fourth-order valence-electron chi connectivity index (χ4n) is 7.85. The second-order valence-electron chi connectivity index (χ2n) is 14.1. The first-order chi connectivity index (χ1) is 27.0. The van der Waals surface area contributed by atoms with E-state index < -0.39 is 47.3 Å². The zero-order chi connectivity index (χ0) is 39.2. The summed E-state index contributed by atoms with van der Waals surface area (Å²) in [4.78, 5) is 97.2. The molecule has 56 heavy (non-hydrogen) atoms. The van der Waals surface area contributed by atoms with Crippen molar-refractivity contribution < 1.29 is 38.4 Å². The summed E-state index contributed by atoms with van der Waals surface area (Å²) in [5.74, 6) is -3.73. The molecule has 0 atom stereocenters. The van der Waals surface area contributed by atoms with Gasteiger partial charge in [-0.25, -0.2) is 0 Å². The smallest absolute Gasteiger partial charge is 0.258 e. The van der Waals surface area contributed by atoms with E-state index >= 15 is 0 Å². The minimum absolute atomic E-state index is 0.294. The van der Waals surface area contributed by atoms with Crippen molar-refractivity contribution in [3.63, 3.8) is 0 Å².